The van der Waals surface area contributed by atoms with Crippen LogP contribution in [0, 0.1) is 0 Å². The quantitative estimate of drug-likeness (QED) is 0.457. The van der Waals surface area contributed by atoms with Crippen LogP contribution < -0.4 is 20.8 Å². The van der Waals surface area contributed by atoms with Crippen LogP contribution in [0.3, 0.4) is 0 Å². The fourth-order valence-electron chi connectivity index (χ4n) is 2.83. The molecule has 2 N–H and O–H groups in total. The lowest BCUT2D eigenvalue weighted by molar-refractivity contribution is -0.274. The van der Waals surface area contributed by atoms with E-state index in [4.69, 9.17) is 10.5 Å². The molecule has 2 heterocycles. The van der Waals surface area contributed by atoms with Crippen LogP contribution in [0.4, 0.5) is 17.6 Å². The van der Waals surface area contributed by atoms with Crippen molar-refractivity contribution < 1.29 is 31.8 Å². The highest BCUT2D eigenvalue weighted by atomic mass is 19.4. The molecule has 0 radical (unpaired) electrons. The summed E-state index contributed by atoms with van der Waals surface area (Å²) in [4.78, 5) is 23.3. The molecule has 33 heavy (non-hydrogen) atoms. The van der Waals surface area contributed by atoms with Gasteiger partial charge in [-0.15, -0.1) is 18.3 Å². The van der Waals surface area contributed by atoms with Gasteiger partial charge in [0.15, 0.2) is 5.69 Å². The molecule has 13 heteroatoms. The van der Waals surface area contributed by atoms with Gasteiger partial charge in [0.1, 0.15) is 24.3 Å². The lowest BCUT2D eigenvalue weighted by Gasteiger charge is -2.12. The maximum atomic E-state index is 14.2. The Hall–Kier alpha value is -3.90. The molecule has 2 aromatic heterocycles. The molecule has 0 bridgehead atoms. The van der Waals surface area contributed by atoms with Gasteiger partial charge in [0.2, 0.25) is 0 Å². The van der Waals surface area contributed by atoms with Gasteiger partial charge in [-0.1, -0.05) is 11.3 Å². The van der Waals surface area contributed by atoms with Crippen LogP contribution in [0.15, 0.2) is 53.6 Å². The Bertz CT molecular complexity index is 1160. The number of rotatable bonds is 10. The smallest absolute Gasteiger partial charge is 0.489 e. The van der Waals surface area contributed by atoms with Gasteiger partial charge in [0, 0.05) is 24.9 Å². The molecule has 3 rings (SSSR count). The number of hydrogen-bond donors (Lipinski definition) is 1. The van der Waals surface area contributed by atoms with Crippen LogP contribution in [0.25, 0.3) is 0 Å². The highest BCUT2D eigenvalue weighted by Gasteiger charge is 2.31. The molecular weight excluding hydrogens is 450 g/mol. The number of ether oxygens (including phenoxy) is 2. The molecule has 3 aromatic rings. The molecule has 0 fully saturated rings. The second-order valence-electron chi connectivity index (χ2n) is 6.95. The average molecular weight is 469 g/mol. The standard InChI is InChI=1S/C20H19F4N5O4/c21-14(10-29-11-17(19(25)31)26-27-29)5-7-28-6-4-13(8-18(28)30)12-32-15-2-1-3-16(9-15)33-20(22,23)24/h1-4,6,8-9,11,14H,5,7,10,12H2,(H2,25,31). The number of benzene rings is 1. The normalized spacial score (nSPS) is 12.4. The third kappa shape index (κ3) is 7.33. The summed E-state index contributed by atoms with van der Waals surface area (Å²) in [7, 11) is 0. The molecule has 0 aliphatic rings. The Morgan fingerprint density at radius 3 is 2.61 bits per heavy atom. The number of aromatic nitrogens is 4. The summed E-state index contributed by atoms with van der Waals surface area (Å²) < 4.78 is 62.9. The number of primary amides is 1. The Labute approximate surface area is 184 Å². The predicted molar refractivity (Wildman–Crippen MR) is 106 cm³/mol. The third-order valence-corrected chi connectivity index (χ3v) is 4.36. The van der Waals surface area contributed by atoms with Gasteiger partial charge in [0.25, 0.3) is 11.5 Å². The average Bonchev–Trinajstić information content (AvgIpc) is 3.19. The lowest BCUT2D eigenvalue weighted by atomic mass is 10.2. The van der Waals surface area contributed by atoms with Gasteiger partial charge in [0.05, 0.1) is 12.7 Å². The topological polar surface area (TPSA) is 114 Å². The highest BCUT2D eigenvalue weighted by molar-refractivity contribution is 5.90. The van der Waals surface area contributed by atoms with Crippen LogP contribution in [0.5, 0.6) is 11.5 Å². The monoisotopic (exact) mass is 469 g/mol. The van der Waals surface area contributed by atoms with Crippen molar-refractivity contribution in [3.05, 3.63) is 70.4 Å². The Balaban J connectivity index is 1.52. The number of alkyl halides is 4. The molecule has 0 saturated heterocycles. The SMILES string of the molecule is NC(=O)c1cn(CC(F)CCn2ccc(COc3cccc(OC(F)(F)F)c3)cc2=O)nn1. The van der Waals surface area contributed by atoms with E-state index in [2.05, 4.69) is 15.0 Å². The van der Waals surface area contributed by atoms with Gasteiger partial charge in [-0.3, -0.25) is 9.59 Å². The number of carbonyl (C=O) groups is 1. The second kappa shape index (κ2) is 10.1. The third-order valence-electron chi connectivity index (χ3n) is 4.36. The molecule has 0 aliphatic carbocycles. The maximum Gasteiger partial charge on any atom is 0.573 e. The minimum absolute atomic E-state index is 0.00746. The predicted octanol–water partition coefficient (Wildman–Crippen LogP) is 2.44. The highest BCUT2D eigenvalue weighted by Crippen LogP contribution is 2.26. The van der Waals surface area contributed by atoms with Crippen molar-refractivity contribution in [1.82, 2.24) is 19.6 Å². The van der Waals surface area contributed by atoms with E-state index >= 15 is 0 Å². The molecule has 1 amide bonds. The van der Waals surface area contributed by atoms with Gasteiger partial charge in [-0.05, 0) is 30.2 Å². The fourth-order valence-corrected chi connectivity index (χ4v) is 2.83. The first-order valence-corrected chi connectivity index (χ1v) is 9.61. The van der Waals surface area contributed by atoms with Crippen LogP contribution in [-0.4, -0.2) is 38.0 Å². The van der Waals surface area contributed by atoms with E-state index in [1.165, 1.54) is 35.2 Å². The molecule has 176 valence electrons. The maximum absolute atomic E-state index is 14.2. The van der Waals surface area contributed by atoms with Gasteiger partial charge < -0.3 is 19.8 Å². The Kier molecular flexibility index (Phi) is 7.30. The van der Waals surface area contributed by atoms with Crippen LogP contribution in [0.1, 0.15) is 22.5 Å². The van der Waals surface area contributed by atoms with Crippen LogP contribution in [-0.2, 0) is 19.7 Å². The number of nitrogens with two attached hydrogens (primary N) is 1. The Morgan fingerprint density at radius 1 is 1.18 bits per heavy atom. The van der Waals surface area contributed by atoms with Crippen LogP contribution >= 0.6 is 0 Å². The van der Waals surface area contributed by atoms with E-state index in [9.17, 15) is 27.2 Å². The van der Waals surface area contributed by atoms with E-state index in [1.54, 1.807) is 6.07 Å². The van der Waals surface area contributed by atoms with Crippen molar-refractivity contribution in [2.24, 2.45) is 5.73 Å². The first-order chi connectivity index (χ1) is 15.6. The van der Waals surface area contributed by atoms with Crippen molar-refractivity contribution >= 4 is 5.91 Å². The molecule has 1 aromatic carbocycles. The van der Waals surface area contributed by atoms with Crippen molar-refractivity contribution in [1.29, 1.82) is 0 Å². The summed E-state index contributed by atoms with van der Waals surface area (Å²) in [6.45, 7) is -0.126. The zero-order valence-corrected chi connectivity index (χ0v) is 17.0. The second-order valence-corrected chi connectivity index (χ2v) is 6.95. The first kappa shape index (κ1) is 23.8. The molecular formula is C20H19F4N5O4. The van der Waals surface area contributed by atoms with Crippen molar-refractivity contribution in [2.45, 2.75) is 38.7 Å². The van der Waals surface area contributed by atoms with Gasteiger partial charge in [-0.25, -0.2) is 9.07 Å². The van der Waals surface area contributed by atoms with Crippen molar-refractivity contribution in [3.8, 4) is 11.5 Å². The largest absolute Gasteiger partial charge is 0.573 e. The number of pyridine rings is 1. The zero-order valence-electron chi connectivity index (χ0n) is 17.0. The van der Waals surface area contributed by atoms with Crippen molar-refractivity contribution in [3.63, 3.8) is 0 Å². The summed E-state index contributed by atoms with van der Waals surface area (Å²) in [5.41, 5.74) is 5.08. The lowest BCUT2D eigenvalue weighted by Crippen LogP contribution is -2.22. The Morgan fingerprint density at radius 2 is 1.94 bits per heavy atom. The van der Waals surface area contributed by atoms with Gasteiger partial charge >= 0.3 is 6.36 Å². The number of hydrogen-bond acceptors (Lipinski definition) is 6. The first-order valence-electron chi connectivity index (χ1n) is 9.61. The summed E-state index contributed by atoms with van der Waals surface area (Å²) >= 11 is 0. The zero-order chi connectivity index (χ0) is 24.0. The molecule has 0 spiro atoms. The minimum Gasteiger partial charge on any atom is -0.489 e. The van der Waals surface area contributed by atoms with E-state index in [1.807, 2.05) is 0 Å². The number of aryl methyl sites for hydroxylation is 1. The van der Waals surface area contributed by atoms with E-state index in [0.29, 0.717) is 5.56 Å². The molecule has 0 saturated carbocycles. The number of nitrogens with zero attached hydrogens (tertiary/aromatic N) is 4. The fraction of sp³-hybridized carbons (Fsp3) is 0.300. The number of halogens is 4. The van der Waals surface area contributed by atoms with Crippen molar-refractivity contribution in [2.75, 3.05) is 0 Å². The van der Waals surface area contributed by atoms with E-state index < -0.39 is 29.7 Å². The molecule has 9 nitrogen and oxygen atoms in total. The summed E-state index contributed by atoms with van der Waals surface area (Å²) in [5, 5.41) is 7.13. The van der Waals surface area contributed by atoms with E-state index in [0.717, 1.165) is 16.8 Å². The summed E-state index contributed by atoms with van der Waals surface area (Å²) in [6.07, 6.45) is -3.45. The molecule has 1 unspecified atom stereocenters. The number of carbonyl (C=O) groups excluding carboxylic acids is 1. The number of amides is 1. The summed E-state index contributed by atoms with van der Waals surface area (Å²) in [6, 6.07) is 7.89. The molecule has 0 aliphatic heterocycles. The minimum atomic E-state index is -4.82. The molecule has 1 atom stereocenters. The van der Waals surface area contributed by atoms with E-state index in [-0.39, 0.29) is 37.6 Å². The summed E-state index contributed by atoms with van der Waals surface area (Å²) in [5.74, 6) is -1.06. The van der Waals surface area contributed by atoms with Crippen LogP contribution in [0.2, 0.25) is 0 Å². The van der Waals surface area contributed by atoms with Gasteiger partial charge in [-0.2, -0.15) is 0 Å².